The number of fused-ring (bicyclic) bond motifs is 1. The van der Waals surface area contributed by atoms with Crippen molar-refractivity contribution >= 4 is 0 Å². The molecule has 1 N–H and O–H groups in total. The van der Waals surface area contributed by atoms with Gasteiger partial charge in [-0.25, -0.2) is 4.39 Å². The van der Waals surface area contributed by atoms with Crippen LogP contribution in [0.4, 0.5) is 4.39 Å². The van der Waals surface area contributed by atoms with Crippen molar-refractivity contribution in [3.63, 3.8) is 0 Å². The molecule has 3 rings (SSSR count). The molecule has 0 bridgehead atoms. The Morgan fingerprint density at radius 3 is 2.61 bits per heavy atom. The van der Waals surface area contributed by atoms with Crippen molar-refractivity contribution in [3.8, 4) is 11.1 Å². The second-order valence-electron chi connectivity index (χ2n) is 4.79. The van der Waals surface area contributed by atoms with Crippen LogP contribution < -0.4 is 0 Å². The standard InChI is InChI=1S/C16H15FO/c17-12-9-7-11(8-10-12)13-3-1-5-15-14(13)4-2-6-16(15)18/h1,3,5,7-10,16,18H,2,4,6H2. The lowest BCUT2D eigenvalue weighted by molar-refractivity contribution is 0.156. The summed E-state index contributed by atoms with van der Waals surface area (Å²) in [7, 11) is 0. The maximum absolute atomic E-state index is 13.0. The van der Waals surface area contributed by atoms with E-state index in [4.69, 9.17) is 0 Å². The van der Waals surface area contributed by atoms with Gasteiger partial charge in [0.1, 0.15) is 5.82 Å². The summed E-state index contributed by atoms with van der Waals surface area (Å²) in [6.07, 6.45) is 2.47. The topological polar surface area (TPSA) is 20.2 Å². The van der Waals surface area contributed by atoms with Crippen molar-refractivity contribution in [2.75, 3.05) is 0 Å². The van der Waals surface area contributed by atoms with Gasteiger partial charge in [-0.1, -0.05) is 30.3 Å². The molecule has 1 aliphatic rings. The maximum Gasteiger partial charge on any atom is 0.123 e. The zero-order chi connectivity index (χ0) is 12.5. The Morgan fingerprint density at radius 2 is 1.83 bits per heavy atom. The SMILES string of the molecule is OC1CCCc2c(-c3ccc(F)cc3)cccc21. The Balaban J connectivity index is 2.12. The molecule has 0 heterocycles. The fourth-order valence-electron chi connectivity index (χ4n) is 2.72. The number of hydrogen-bond acceptors (Lipinski definition) is 1. The predicted molar refractivity (Wildman–Crippen MR) is 69.7 cm³/mol. The van der Waals surface area contributed by atoms with Gasteiger partial charge in [-0.2, -0.15) is 0 Å². The summed E-state index contributed by atoms with van der Waals surface area (Å²) in [5.41, 5.74) is 4.37. The highest BCUT2D eigenvalue weighted by molar-refractivity contribution is 5.69. The Kier molecular flexibility index (Phi) is 2.88. The van der Waals surface area contributed by atoms with Crippen LogP contribution in [0.25, 0.3) is 11.1 Å². The summed E-state index contributed by atoms with van der Waals surface area (Å²) in [6, 6.07) is 12.6. The smallest absolute Gasteiger partial charge is 0.123 e. The summed E-state index contributed by atoms with van der Waals surface area (Å²) in [5, 5.41) is 10.0. The third-order valence-electron chi connectivity index (χ3n) is 3.63. The summed E-state index contributed by atoms with van der Waals surface area (Å²) in [6.45, 7) is 0. The van der Waals surface area contributed by atoms with E-state index in [0.717, 1.165) is 36.0 Å². The second-order valence-corrected chi connectivity index (χ2v) is 4.79. The molecule has 0 spiro atoms. The lowest BCUT2D eigenvalue weighted by Gasteiger charge is -2.23. The van der Waals surface area contributed by atoms with Crippen LogP contribution in [0.15, 0.2) is 42.5 Å². The van der Waals surface area contributed by atoms with Crippen LogP contribution >= 0.6 is 0 Å². The molecular weight excluding hydrogens is 227 g/mol. The minimum Gasteiger partial charge on any atom is -0.388 e. The zero-order valence-corrected chi connectivity index (χ0v) is 10.1. The van der Waals surface area contributed by atoms with Gasteiger partial charge in [-0.3, -0.25) is 0 Å². The number of benzene rings is 2. The van der Waals surface area contributed by atoms with Gasteiger partial charge in [0, 0.05) is 0 Å². The van der Waals surface area contributed by atoms with Crippen molar-refractivity contribution in [1.82, 2.24) is 0 Å². The number of rotatable bonds is 1. The molecule has 0 radical (unpaired) electrons. The fourth-order valence-corrected chi connectivity index (χ4v) is 2.72. The van der Waals surface area contributed by atoms with E-state index in [2.05, 4.69) is 0 Å². The van der Waals surface area contributed by atoms with Crippen molar-refractivity contribution in [3.05, 3.63) is 59.4 Å². The van der Waals surface area contributed by atoms with Gasteiger partial charge in [0.25, 0.3) is 0 Å². The minimum absolute atomic E-state index is 0.219. The van der Waals surface area contributed by atoms with Gasteiger partial charge in [-0.05, 0) is 53.6 Å². The molecule has 1 atom stereocenters. The number of aliphatic hydroxyl groups excluding tert-OH is 1. The Morgan fingerprint density at radius 1 is 1.06 bits per heavy atom. The van der Waals surface area contributed by atoms with Crippen molar-refractivity contribution < 1.29 is 9.50 Å². The van der Waals surface area contributed by atoms with Crippen LogP contribution in [0.3, 0.4) is 0 Å². The van der Waals surface area contributed by atoms with Crippen LogP contribution in [-0.2, 0) is 6.42 Å². The monoisotopic (exact) mass is 242 g/mol. The Hall–Kier alpha value is -1.67. The molecule has 2 aromatic carbocycles. The van der Waals surface area contributed by atoms with E-state index in [1.165, 1.54) is 17.7 Å². The van der Waals surface area contributed by atoms with E-state index in [-0.39, 0.29) is 11.9 Å². The van der Waals surface area contributed by atoms with Gasteiger partial charge < -0.3 is 5.11 Å². The lowest BCUT2D eigenvalue weighted by atomic mass is 9.84. The molecule has 1 nitrogen and oxygen atoms in total. The van der Waals surface area contributed by atoms with E-state index in [1.54, 1.807) is 12.1 Å². The van der Waals surface area contributed by atoms with Crippen LogP contribution in [0, 0.1) is 5.82 Å². The first-order valence-electron chi connectivity index (χ1n) is 6.31. The molecule has 0 aromatic heterocycles. The second kappa shape index (κ2) is 4.54. The molecule has 0 amide bonds. The van der Waals surface area contributed by atoms with E-state index in [9.17, 15) is 9.50 Å². The Bertz CT molecular complexity index is 560. The summed E-state index contributed by atoms with van der Waals surface area (Å²) in [5.74, 6) is -0.219. The summed E-state index contributed by atoms with van der Waals surface area (Å²) >= 11 is 0. The average Bonchev–Trinajstić information content (AvgIpc) is 2.40. The molecule has 0 saturated carbocycles. The lowest BCUT2D eigenvalue weighted by Crippen LogP contribution is -2.10. The van der Waals surface area contributed by atoms with Gasteiger partial charge in [0.05, 0.1) is 6.10 Å². The quantitative estimate of drug-likeness (QED) is 0.805. The summed E-state index contributed by atoms with van der Waals surface area (Å²) < 4.78 is 13.0. The summed E-state index contributed by atoms with van der Waals surface area (Å²) in [4.78, 5) is 0. The van der Waals surface area contributed by atoms with Crippen LogP contribution in [-0.4, -0.2) is 5.11 Å². The normalized spacial score (nSPS) is 18.4. The molecule has 92 valence electrons. The van der Waals surface area contributed by atoms with Gasteiger partial charge in [0.2, 0.25) is 0 Å². The third-order valence-corrected chi connectivity index (χ3v) is 3.63. The number of hydrogen-bond donors (Lipinski definition) is 1. The minimum atomic E-state index is -0.353. The van der Waals surface area contributed by atoms with E-state index < -0.39 is 0 Å². The van der Waals surface area contributed by atoms with Crippen molar-refractivity contribution in [2.45, 2.75) is 25.4 Å². The highest BCUT2D eigenvalue weighted by Gasteiger charge is 2.20. The Labute approximate surface area is 106 Å². The van der Waals surface area contributed by atoms with E-state index >= 15 is 0 Å². The molecule has 18 heavy (non-hydrogen) atoms. The molecule has 0 saturated heterocycles. The van der Waals surface area contributed by atoms with Crippen LogP contribution in [0.5, 0.6) is 0 Å². The molecule has 2 aromatic rings. The van der Waals surface area contributed by atoms with Gasteiger partial charge in [-0.15, -0.1) is 0 Å². The number of aliphatic hydroxyl groups is 1. The van der Waals surface area contributed by atoms with Crippen LogP contribution in [0.2, 0.25) is 0 Å². The van der Waals surface area contributed by atoms with Gasteiger partial charge >= 0.3 is 0 Å². The molecule has 0 fully saturated rings. The first-order chi connectivity index (χ1) is 8.75. The fraction of sp³-hybridized carbons (Fsp3) is 0.250. The predicted octanol–water partition coefficient (Wildman–Crippen LogP) is 3.86. The van der Waals surface area contributed by atoms with E-state index in [0.29, 0.717) is 0 Å². The zero-order valence-electron chi connectivity index (χ0n) is 10.1. The first-order valence-corrected chi connectivity index (χ1v) is 6.31. The molecule has 1 unspecified atom stereocenters. The van der Waals surface area contributed by atoms with E-state index in [1.807, 2.05) is 18.2 Å². The first kappa shape index (κ1) is 11.4. The van der Waals surface area contributed by atoms with Crippen molar-refractivity contribution in [1.29, 1.82) is 0 Å². The van der Waals surface area contributed by atoms with Gasteiger partial charge in [0.15, 0.2) is 0 Å². The molecule has 0 aliphatic heterocycles. The average molecular weight is 242 g/mol. The maximum atomic E-state index is 13.0. The van der Waals surface area contributed by atoms with Crippen LogP contribution in [0.1, 0.15) is 30.1 Å². The number of halogens is 1. The highest BCUT2D eigenvalue weighted by Crippen LogP contribution is 2.36. The largest absolute Gasteiger partial charge is 0.388 e. The molecule has 2 heteroatoms. The third kappa shape index (κ3) is 1.93. The highest BCUT2D eigenvalue weighted by atomic mass is 19.1. The molecule has 1 aliphatic carbocycles. The molecular formula is C16H15FO. The van der Waals surface area contributed by atoms with Crippen molar-refractivity contribution in [2.24, 2.45) is 0 Å².